The van der Waals surface area contributed by atoms with E-state index in [9.17, 15) is 9.59 Å². The first-order chi connectivity index (χ1) is 15.3. The molecule has 0 aliphatic rings. The van der Waals surface area contributed by atoms with Crippen molar-refractivity contribution in [3.63, 3.8) is 0 Å². The van der Waals surface area contributed by atoms with Gasteiger partial charge in [0.2, 0.25) is 0 Å². The highest BCUT2D eigenvalue weighted by atomic mass is 35.5. The summed E-state index contributed by atoms with van der Waals surface area (Å²) < 4.78 is 0. The monoisotopic (exact) mass is 550 g/mol. The molecule has 16 heteroatoms. The number of carbonyl (C=O) groups is 2. The molecule has 0 radical (unpaired) electrons. The van der Waals surface area contributed by atoms with Crippen molar-refractivity contribution in [2.45, 2.75) is 89.4 Å². The van der Waals surface area contributed by atoms with E-state index in [0.29, 0.717) is 0 Å². The van der Waals surface area contributed by atoms with E-state index in [-0.39, 0.29) is 62.2 Å². The Labute approximate surface area is 223 Å². The van der Waals surface area contributed by atoms with Gasteiger partial charge in [-0.25, -0.2) is 0 Å². The van der Waals surface area contributed by atoms with Gasteiger partial charge in [0.05, 0.1) is 12.1 Å². The van der Waals surface area contributed by atoms with Gasteiger partial charge in [-0.2, -0.15) is 31.0 Å². The van der Waals surface area contributed by atoms with E-state index in [1.54, 1.807) is 27.7 Å². The number of hydrogen-bond donors (Lipinski definition) is 6. The maximum Gasteiger partial charge on any atom is 0.303 e. The van der Waals surface area contributed by atoms with Crippen molar-refractivity contribution in [3.8, 4) is 12.1 Å². The number of aliphatic carboxylic acids is 2. The number of hydrogen-bond acceptors (Lipinski definition) is 10. The van der Waals surface area contributed by atoms with Crippen molar-refractivity contribution in [3.05, 3.63) is 0 Å². The lowest BCUT2D eigenvalue weighted by Gasteiger charge is -2.20. The molecule has 2 unspecified atom stereocenters. The van der Waals surface area contributed by atoms with Crippen LogP contribution < -0.4 is 11.5 Å². The number of halogens is 2. The molecule has 0 saturated carbocycles. The summed E-state index contributed by atoms with van der Waals surface area (Å²) in [6, 6.07) is 3.69. The van der Waals surface area contributed by atoms with Crippen LogP contribution in [0.3, 0.4) is 0 Å². The highest BCUT2D eigenvalue weighted by Gasteiger charge is 2.29. The molecule has 204 valence electrons. The molecule has 8 N–H and O–H groups in total. The van der Waals surface area contributed by atoms with Crippen LogP contribution in [-0.4, -0.2) is 56.0 Å². The first-order valence-electron chi connectivity index (χ1n) is 10.1. The first-order valence-corrected chi connectivity index (χ1v) is 10.1. The van der Waals surface area contributed by atoms with Gasteiger partial charge in [-0.05, 0) is 54.4 Å². The number of nitrogens with one attached hydrogen (secondary N) is 2. The third-order valence-corrected chi connectivity index (χ3v) is 4.49. The Morgan fingerprint density at radius 2 is 0.972 bits per heavy atom. The van der Waals surface area contributed by atoms with Gasteiger partial charge in [0.1, 0.15) is 22.7 Å². The average Bonchev–Trinajstić information content (AvgIpc) is 2.74. The molecule has 0 heterocycles. The maximum absolute atomic E-state index is 10.5. The van der Waals surface area contributed by atoms with Crippen LogP contribution in [0.5, 0.6) is 0 Å². The molecule has 0 fully saturated rings. The number of nitrogens with zero attached hydrogens (tertiary/aromatic N) is 6. The van der Waals surface area contributed by atoms with Gasteiger partial charge >= 0.3 is 11.9 Å². The van der Waals surface area contributed by atoms with Crippen molar-refractivity contribution in [1.29, 1.82) is 21.3 Å². The highest BCUT2D eigenvalue weighted by molar-refractivity contribution is 5.87. The number of amidine groups is 2. The second kappa shape index (κ2) is 16.3. The molecule has 0 bridgehead atoms. The molecule has 0 aromatic rings. The number of rotatable bonds is 12. The normalized spacial score (nSPS) is 14.3. The van der Waals surface area contributed by atoms with Crippen LogP contribution in [0.15, 0.2) is 20.5 Å². The molecule has 14 nitrogen and oxygen atoms in total. The molecule has 0 amide bonds. The summed E-state index contributed by atoms with van der Waals surface area (Å²) in [5.74, 6) is -2.26. The molecule has 0 aromatic carbocycles. The molecule has 2 atom stereocenters. The van der Waals surface area contributed by atoms with E-state index in [0.717, 1.165) is 0 Å². The van der Waals surface area contributed by atoms with Gasteiger partial charge in [-0.15, -0.1) is 24.8 Å². The van der Waals surface area contributed by atoms with Crippen LogP contribution in [0, 0.1) is 33.5 Å². The van der Waals surface area contributed by atoms with Crippen molar-refractivity contribution < 1.29 is 19.8 Å². The lowest BCUT2D eigenvalue weighted by atomic mass is 9.97. The van der Waals surface area contributed by atoms with Crippen LogP contribution in [0.1, 0.15) is 67.2 Å². The molecule has 0 spiro atoms. The Bertz CT molecular complexity index is 852. The summed E-state index contributed by atoms with van der Waals surface area (Å²) in [4.78, 5) is 21.0. The Morgan fingerprint density at radius 3 is 1.14 bits per heavy atom. The molecule has 0 aromatic heterocycles. The Kier molecular flexibility index (Phi) is 18.1. The SMILES string of the molecule is CC(C#N)(CCC(=O)O)N=NC(C)(C#N)CCC(=O)O.CC(C)(N=NC(C)(C)C(=N)N)C(=N)N.Cl.Cl. The predicted molar refractivity (Wildman–Crippen MR) is 138 cm³/mol. The summed E-state index contributed by atoms with van der Waals surface area (Å²) in [5, 5.41) is 65.0. The lowest BCUT2D eigenvalue weighted by molar-refractivity contribution is -0.138. The van der Waals surface area contributed by atoms with Gasteiger partial charge in [-0.1, -0.05) is 0 Å². The second-order valence-electron chi connectivity index (χ2n) is 8.90. The summed E-state index contributed by atoms with van der Waals surface area (Å²) in [6.45, 7) is 9.52. The highest BCUT2D eigenvalue weighted by Crippen LogP contribution is 2.23. The number of nitriles is 2. The number of nitrogens with two attached hydrogens (primary N) is 2. The third kappa shape index (κ3) is 16.3. The molecular formula is C20H36Cl2N10O4. The van der Waals surface area contributed by atoms with Crippen molar-refractivity contribution in [2.75, 3.05) is 0 Å². The van der Waals surface area contributed by atoms with Crippen LogP contribution >= 0.6 is 24.8 Å². The fraction of sp³-hybridized carbons (Fsp3) is 0.700. The second-order valence-corrected chi connectivity index (χ2v) is 8.90. The predicted octanol–water partition coefficient (Wildman–Crippen LogP) is 3.44. The molecule has 0 saturated heterocycles. The van der Waals surface area contributed by atoms with Crippen molar-refractivity contribution >= 4 is 48.4 Å². The smallest absolute Gasteiger partial charge is 0.303 e. The lowest BCUT2D eigenvalue weighted by Crippen LogP contribution is -2.38. The summed E-state index contributed by atoms with van der Waals surface area (Å²) in [7, 11) is 0. The zero-order chi connectivity index (χ0) is 27.4. The van der Waals surface area contributed by atoms with E-state index in [2.05, 4.69) is 20.5 Å². The molecule has 0 aliphatic carbocycles. The fourth-order valence-electron chi connectivity index (χ4n) is 1.54. The largest absolute Gasteiger partial charge is 0.481 e. The molecule has 0 rings (SSSR count). The summed E-state index contributed by atoms with van der Waals surface area (Å²) in [6.07, 6.45) is -0.575. The Balaban J connectivity index is -0.000000285. The minimum absolute atomic E-state index is 0. The van der Waals surface area contributed by atoms with E-state index >= 15 is 0 Å². The van der Waals surface area contributed by atoms with E-state index in [1.165, 1.54) is 13.8 Å². The Morgan fingerprint density at radius 1 is 0.722 bits per heavy atom. The van der Waals surface area contributed by atoms with Gasteiger partial charge in [0.25, 0.3) is 0 Å². The van der Waals surface area contributed by atoms with Crippen LogP contribution in [0.25, 0.3) is 0 Å². The topological polar surface area (TPSA) is 271 Å². The molecule has 36 heavy (non-hydrogen) atoms. The standard InChI is InChI=1S/C12H16N4O4.C8H18N6.2ClH/c1-11(7-13,5-3-9(17)18)15-16-12(2,8-14)6-4-10(19)20;1-7(2,5(9)10)13-14-8(3,4)6(11)12;;/h3-6H2,1-2H3,(H,17,18)(H,19,20);1-4H3,(H3,9,10)(H3,11,12);2*1H. The van der Waals surface area contributed by atoms with E-state index in [1.807, 2.05) is 12.1 Å². The van der Waals surface area contributed by atoms with Gasteiger partial charge in [0.15, 0.2) is 11.1 Å². The van der Waals surface area contributed by atoms with E-state index < -0.39 is 34.1 Å². The first kappa shape index (κ1) is 39.8. The zero-order valence-electron chi connectivity index (χ0n) is 21.2. The van der Waals surface area contributed by atoms with Crippen molar-refractivity contribution in [1.82, 2.24) is 0 Å². The maximum atomic E-state index is 10.5. The van der Waals surface area contributed by atoms with Crippen LogP contribution in [-0.2, 0) is 9.59 Å². The third-order valence-electron chi connectivity index (χ3n) is 4.49. The minimum Gasteiger partial charge on any atom is -0.481 e. The molecule has 0 aliphatic heterocycles. The van der Waals surface area contributed by atoms with Crippen LogP contribution in [0.4, 0.5) is 0 Å². The summed E-state index contributed by atoms with van der Waals surface area (Å²) >= 11 is 0. The number of carboxylic acids is 2. The van der Waals surface area contributed by atoms with Gasteiger partial charge < -0.3 is 21.7 Å². The zero-order valence-corrected chi connectivity index (χ0v) is 22.8. The number of azo groups is 2. The van der Waals surface area contributed by atoms with Gasteiger partial charge in [0, 0.05) is 12.8 Å². The van der Waals surface area contributed by atoms with Crippen LogP contribution in [0.2, 0.25) is 0 Å². The quantitative estimate of drug-likeness (QED) is 0.118. The average molecular weight is 551 g/mol. The number of carboxylic acid groups (broad SMARTS) is 2. The fourth-order valence-corrected chi connectivity index (χ4v) is 1.54. The van der Waals surface area contributed by atoms with E-state index in [4.69, 9.17) is 43.0 Å². The van der Waals surface area contributed by atoms with Crippen molar-refractivity contribution in [2.24, 2.45) is 31.9 Å². The molecular weight excluding hydrogens is 515 g/mol. The van der Waals surface area contributed by atoms with Gasteiger partial charge in [-0.3, -0.25) is 20.4 Å². The summed E-state index contributed by atoms with van der Waals surface area (Å²) in [5.41, 5.74) is 6.26. The minimum atomic E-state index is -1.35. The Hall–Kier alpha value is -3.36.